The van der Waals surface area contributed by atoms with Crippen LogP contribution in [0.3, 0.4) is 0 Å². The van der Waals surface area contributed by atoms with Crippen LogP contribution in [0.2, 0.25) is 5.02 Å². The molecule has 0 saturated carbocycles. The first kappa shape index (κ1) is 18.8. The van der Waals surface area contributed by atoms with Crippen LogP contribution < -0.4 is 14.2 Å². The van der Waals surface area contributed by atoms with Gasteiger partial charge in [0.15, 0.2) is 0 Å². The zero-order chi connectivity index (χ0) is 20.7. The van der Waals surface area contributed by atoms with Crippen molar-refractivity contribution in [3.63, 3.8) is 0 Å². The van der Waals surface area contributed by atoms with Gasteiger partial charge in [-0.05, 0) is 60.2 Å². The number of benzene rings is 3. The molecule has 0 amide bonds. The van der Waals surface area contributed by atoms with Crippen molar-refractivity contribution in [3.8, 4) is 17.2 Å². The largest absolute Gasteiger partial charge is 0.497 e. The van der Waals surface area contributed by atoms with Gasteiger partial charge < -0.3 is 14.2 Å². The van der Waals surface area contributed by atoms with E-state index in [1.165, 1.54) is 0 Å². The molecule has 5 rings (SSSR count). The summed E-state index contributed by atoms with van der Waals surface area (Å²) in [5.74, 6) is 2.48. The van der Waals surface area contributed by atoms with Crippen LogP contribution in [0.1, 0.15) is 35.4 Å². The lowest BCUT2D eigenvalue weighted by molar-refractivity contribution is -0.0191. The number of rotatable bonds is 4. The zero-order valence-electron chi connectivity index (χ0n) is 16.7. The second kappa shape index (κ2) is 7.58. The van der Waals surface area contributed by atoms with Gasteiger partial charge in [0.2, 0.25) is 6.23 Å². The Kier molecular flexibility index (Phi) is 4.75. The molecule has 2 aliphatic heterocycles. The van der Waals surface area contributed by atoms with Gasteiger partial charge in [-0.3, -0.25) is 0 Å². The average molecular weight is 421 g/mol. The number of hydrogen-bond donors (Lipinski definition) is 0. The van der Waals surface area contributed by atoms with Crippen molar-refractivity contribution in [2.75, 3.05) is 14.2 Å². The van der Waals surface area contributed by atoms with Crippen LogP contribution in [-0.4, -0.2) is 24.9 Å². The third-order valence-electron chi connectivity index (χ3n) is 5.58. The molecule has 0 radical (unpaired) electrons. The number of methoxy groups -OCH3 is 2. The van der Waals surface area contributed by atoms with Gasteiger partial charge in [0.25, 0.3) is 0 Å². The number of ether oxygens (including phenoxy) is 3. The minimum absolute atomic E-state index is 0.0571. The number of hydrazone groups is 1. The Morgan fingerprint density at radius 1 is 0.933 bits per heavy atom. The Morgan fingerprint density at radius 2 is 1.63 bits per heavy atom. The van der Waals surface area contributed by atoms with Crippen molar-refractivity contribution in [1.29, 1.82) is 0 Å². The highest BCUT2D eigenvalue weighted by Crippen LogP contribution is 2.48. The molecule has 3 aromatic carbocycles. The highest BCUT2D eigenvalue weighted by molar-refractivity contribution is 6.30. The quantitative estimate of drug-likeness (QED) is 0.551. The first-order valence-electron chi connectivity index (χ1n) is 9.76. The predicted molar refractivity (Wildman–Crippen MR) is 117 cm³/mol. The summed E-state index contributed by atoms with van der Waals surface area (Å²) < 4.78 is 17.1. The second-order valence-corrected chi connectivity index (χ2v) is 7.74. The highest BCUT2D eigenvalue weighted by atomic mass is 35.5. The van der Waals surface area contributed by atoms with Crippen molar-refractivity contribution in [1.82, 2.24) is 5.01 Å². The molecule has 0 aliphatic carbocycles. The molecule has 0 bridgehead atoms. The summed E-state index contributed by atoms with van der Waals surface area (Å²) in [6.45, 7) is 0. The maximum Gasteiger partial charge on any atom is 0.213 e. The first-order chi connectivity index (χ1) is 14.7. The molecule has 2 aliphatic rings. The molecule has 0 N–H and O–H groups in total. The van der Waals surface area contributed by atoms with Gasteiger partial charge >= 0.3 is 0 Å². The van der Waals surface area contributed by atoms with Gasteiger partial charge in [0.1, 0.15) is 17.2 Å². The van der Waals surface area contributed by atoms with Crippen molar-refractivity contribution >= 4 is 17.3 Å². The van der Waals surface area contributed by atoms with E-state index in [1.54, 1.807) is 14.2 Å². The van der Waals surface area contributed by atoms with E-state index in [0.717, 1.165) is 46.1 Å². The predicted octanol–water partition coefficient (Wildman–Crippen LogP) is 5.60. The van der Waals surface area contributed by atoms with E-state index < -0.39 is 0 Å². The monoisotopic (exact) mass is 420 g/mol. The van der Waals surface area contributed by atoms with Crippen LogP contribution in [-0.2, 0) is 0 Å². The lowest BCUT2D eigenvalue weighted by Gasteiger charge is -2.38. The maximum atomic E-state index is 6.39. The zero-order valence-corrected chi connectivity index (χ0v) is 17.5. The number of fused-ring (bicyclic) bond motifs is 3. The Bertz CT molecular complexity index is 1100. The summed E-state index contributed by atoms with van der Waals surface area (Å²) >= 11 is 6.10. The molecule has 3 aromatic rings. The summed E-state index contributed by atoms with van der Waals surface area (Å²) in [6.07, 6.45) is 0.448. The molecule has 0 spiro atoms. The first-order valence-corrected chi connectivity index (χ1v) is 10.1. The molecule has 5 nitrogen and oxygen atoms in total. The van der Waals surface area contributed by atoms with E-state index >= 15 is 0 Å². The fourth-order valence-corrected chi connectivity index (χ4v) is 4.12. The molecule has 6 heteroatoms. The Morgan fingerprint density at radius 3 is 2.33 bits per heavy atom. The van der Waals surface area contributed by atoms with Crippen molar-refractivity contribution in [2.24, 2.45) is 5.10 Å². The Balaban J connectivity index is 1.57. The molecular weight excluding hydrogens is 400 g/mol. The number of hydrogen-bond acceptors (Lipinski definition) is 5. The Hall–Kier alpha value is -3.18. The summed E-state index contributed by atoms with van der Waals surface area (Å²) in [6, 6.07) is 21.7. The van der Waals surface area contributed by atoms with Crippen LogP contribution in [0, 0.1) is 0 Å². The standard InChI is InChI=1S/C24H21ClN2O3/c1-28-18-9-5-15(6-10-18)21-14-22-20-13-19(29-2)11-12-23(20)30-24(27(22)26-21)16-3-7-17(25)8-4-16/h3-13,22,24H,14H2,1-2H3/t22-,24+/m1/s1. The summed E-state index contributed by atoms with van der Waals surface area (Å²) in [7, 11) is 3.34. The van der Waals surface area contributed by atoms with Crippen LogP contribution in [0.5, 0.6) is 17.2 Å². The van der Waals surface area contributed by atoms with Crippen molar-refractivity contribution < 1.29 is 14.2 Å². The molecule has 30 heavy (non-hydrogen) atoms. The van der Waals surface area contributed by atoms with Gasteiger partial charge in [-0.25, -0.2) is 5.01 Å². The maximum absolute atomic E-state index is 6.39. The summed E-state index contributed by atoms with van der Waals surface area (Å²) in [5, 5.41) is 7.72. The molecule has 2 atom stereocenters. The van der Waals surface area contributed by atoms with Crippen molar-refractivity contribution in [2.45, 2.75) is 18.7 Å². The SMILES string of the molecule is COc1ccc(C2=NN3[C@H](C2)c2cc(OC)ccc2O[C@H]3c2ccc(Cl)cc2)cc1. The van der Waals surface area contributed by atoms with Gasteiger partial charge in [0.05, 0.1) is 26.0 Å². The van der Waals surface area contributed by atoms with Crippen LogP contribution >= 0.6 is 11.6 Å². The van der Waals surface area contributed by atoms with Gasteiger partial charge in [-0.15, -0.1) is 0 Å². The van der Waals surface area contributed by atoms with Crippen LogP contribution in [0.15, 0.2) is 71.8 Å². The van der Waals surface area contributed by atoms with E-state index in [1.807, 2.05) is 71.7 Å². The molecule has 0 unspecified atom stereocenters. The van der Waals surface area contributed by atoms with Gasteiger partial charge in [0, 0.05) is 22.6 Å². The van der Waals surface area contributed by atoms with Crippen molar-refractivity contribution in [3.05, 3.63) is 88.4 Å². The number of halogens is 1. The lowest BCUT2D eigenvalue weighted by atomic mass is 9.95. The second-order valence-electron chi connectivity index (χ2n) is 7.30. The van der Waals surface area contributed by atoms with E-state index in [9.17, 15) is 0 Å². The van der Waals surface area contributed by atoms with E-state index in [2.05, 4.69) is 0 Å². The lowest BCUT2D eigenvalue weighted by Crippen LogP contribution is -2.33. The third-order valence-corrected chi connectivity index (χ3v) is 5.83. The molecule has 2 heterocycles. The molecular formula is C24H21ClN2O3. The summed E-state index contributed by atoms with van der Waals surface area (Å²) in [4.78, 5) is 0. The smallest absolute Gasteiger partial charge is 0.213 e. The Labute approximate surface area is 180 Å². The normalized spacial score (nSPS) is 19.4. The topological polar surface area (TPSA) is 43.3 Å². The minimum atomic E-state index is -0.330. The van der Waals surface area contributed by atoms with E-state index in [0.29, 0.717) is 5.02 Å². The van der Waals surface area contributed by atoms with E-state index in [-0.39, 0.29) is 12.3 Å². The third kappa shape index (κ3) is 3.25. The van der Waals surface area contributed by atoms with Crippen LogP contribution in [0.25, 0.3) is 0 Å². The van der Waals surface area contributed by atoms with Gasteiger partial charge in [-0.1, -0.05) is 23.7 Å². The fraction of sp³-hybridized carbons (Fsp3) is 0.208. The molecule has 0 saturated heterocycles. The average Bonchev–Trinajstić information content (AvgIpc) is 3.24. The molecule has 0 aromatic heterocycles. The fourth-order valence-electron chi connectivity index (χ4n) is 4.00. The van der Waals surface area contributed by atoms with E-state index in [4.69, 9.17) is 30.9 Å². The summed E-state index contributed by atoms with van der Waals surface area (Å²) in [5.41, 5.74) is 4.17. The van der Waals surface area contributed by atoms with Gasteiger partial charge in [-0.2, -0.15) is 5.10 Å². The molecule has 0 fully saturated rings. The highest BCUT2D eigenvalue weighted by Gasteiger charge is 2.41. The minimum Gasteiger partial charge on any atom is -0.497 e. The molecule has 152 valence electrons. The van der Waals surface area contributed by atoms with Crippen LogP contribution in [0.4, 0.5) is 0 Å². The number of nitrogens with zero attached hydrogens (tertiary/aromatic N) is 2.